The minimum absolute atomic E-state index is 0.0419. The van der Waals surface area contributed by atoms with E-state index in [0.717, 1.165) is 23.2 Å². The summed E-state index contributed by atoms with van der Waals surface area (Å²) in [6, 6.07) is 8.72. The first-order valence-corrected chi connectivity index (χ1v) is 14.7. The Kier molecular flexibility index (Phi) is 9.15. The van der Waals surface area contributed by atoms with E-state index in [1.807, 2.05) is 0 Å². The Balaban J connectivity index is 1.03. The van der Waals surface area contributed by atoms with Gasteiger partial charge in [-0.25, -0.2) is 4.98 Å². The lowest BCUT2D eigenvalue weighted by atomic mass is 9.92. The van der Waals surface area contributed by atoms with Gasteiger partial charge in [0.25, 0.3) is 0 Å². The number of thiazole rings is 1. The zero-order valence-corrected chi connectivity index (χ0v) is 23.8. The summed E-state index contributed by atoms with van der Waals surface area (Å²) in [4.78, 5) is 21.0. The van der Waals surface area contributed by atoms with Crippen LogP contribution in [0.5, 0.6) is 0 Å². The second-order valence-electron chi connectivity index (χ2n) is 10.7. The number of ether oxygens (including phenoxy) is 1. The summed E-state index contributed by atoms with van der Waals surface area (Å²) in [7, 11) is 0. The lowest BCUT2D eigenvalue weighted by molar-refractivity contribution is -0.141. The van der Waals surface area contributed by atoms with E-state index in [1.165, 1.54) is 29.5 Å². The van der Waals surface area contributed by atoms with Gasteiger partial charge in [-0.15, -0.1) is 11.3 Å². The number of anilines is 1. The van der Waals surface area contributed by atoms with Crippen molar-refractivity contribution >= 4 is 33.1 Å². The molecule has 0 radical (unpaired) electrons. The number of piperazine rings is 1. The number of nitriles is 1. The van der Waals surface area contributed by atoms with Crippen LogP contribution >= 0.6 is 11.3 Å². The molecule has 1 aromatic heterocycles. The van der Waals surface area contributed by atoms with Crippen LogP contribution in [0, 0.1) is 11.3 Å². The zero-order chi connectivity index (χ0) is 30.8. The molecule has 230 valence electrons. The van der Waals surface area contributed by atoms with E-state index in [1.54, 1.807) is 11.0 Å². The maximum absolute atomic E-state index is 13.3. The molecule has 0 unspecified atom stereocenters. The average molecular weight is 626 g/mol. The number of carbonyl (C=O) groups excluding carboxylic acids is 1. The van der Waals surface area contributed by atoms with Gasteiger partial charge in [0.2, 0.25) is 5.91 Å². The first kappa shape index (κ1) is 31.0. The van der Waals surface area contributed by atoms with E-state index in [9.17, 15) is 31.1 Å². The Morgan fingerprint density at radius 1 is 1.00 bits per heavy atom. The highest BCUT2D eigenvalue weighted by molar-refractivity contribution is 7.18. The lowest BCUT2D eigenvalue weighted by Gasteiger charge is -2.35. The van der Waals surface area contributed by atoms with E-state index < -0.39 is 29.0 Å². The van der Waals surface area contributed by atoms with Gasteiger partial charge in [0.05, 0.1) is 45.6 Å². The van der Waals surface area contributed by atoms with Crippen molar-refractivity contribution in [3.8, 4) is 6.07 Å². The second-order valence-corrected chi connectivity index (χ2v) is 11.9. The van der Waals surface area contributed by atoms with Crippen LogP contribution in [0.1, 0.15) is 47.4 Å². The number of rotatable bonds is 7. The summed E-state index contributed by atoms with van der Waals surface area (Å²) in [5.41, 5.74) is -1.46. The summed E-state index contributed by atoms with van der Waals surface area (Å²) in [6.07, 6.45) is -6.49. The van der Waals surface area contributed by atoms with Crippen molar-refractivity contribution in [2.75, 3.05) is 38.1 Å². The van der Waals surface area contributed by atoms with Crippen LogP contribution in [0.3, 0.4) is 0 Å². The van der Waals surface area contributed by atoms with Gasteiger partial charge in [-0.1, -0.05) is 0 Å². The zero-order valence-electron chi connectivity index (χ0n) is 23.0. The Labute approximate surface area is 248 Å². The Bertz CT molecular complexity index is 1490. The van der Waals surface area contributed by atoms with Gasteiger partial charge < -0.3 is 15.0 Å². The number of amides is 1. The van der Waals surface area contributed by atoms with E-state index in [0.29, 0.717) is 74.3 Å². The largest absolute Gasteiger partial charge is 0.417 e. The highest BCUT2D eigenvalue weighted by atomic mass is 32.1. The second kappa shape index (κ2) is 12.7. The summed E-state index contributed by atoms with van der Waals surface area (Å²) >= 11 is 1.36. The number of nitrogens with zero attached hydrogens (tertiary/aromatic N) is 4. The lowest BCUT2D eigenvalue weighted by Crippen LogP contribution is -2.49. The number of alkyl halides is 6. The molecule has 3 aromatic rings. The molecule has 1 aliphatic carbocycles. The molecule has 2 heterocycles. The number of aromatic nitrogens is 1. The van der Waals surface area contributed by atoms with E-state index in [4.69, 9.17) is 10.00 Å². The average Bonchev–Trinajstić information content (AvgIpc) is 3.38. The van der Waals surface area contributed by atoms with Gasteiger partial charge in [0, 0.05) is 37.9 Å². The molecule has 0 atom stereocenters. The molecule has 1 saturated carbocycles. The van der Waals surface area contributed by atoms with Gasteiger partial charge in [0.1, 0.15) is 11.6 Å². The molecule has 1 saturated heterocycles. The molecule has 0 spiro atoms. The molecule has 5 rings (SSSR count). The van der Waals surface area contributed by atoms with Crippen LogP contribution in [-0.4, -0.2) is 65.6 Å². The third kappa shape index (κ3) is 7.76. The fourth-order valence-corrected chi connectivity index (χ4v) is 6.41. The van der Waals surface area contributed by atoms with Crippen molar-refractivity contribution in [1.82, 2.24) is 14.8 Å². The highest BCUT2D eigenvalue weighted by Gasteiger charge is 2.34. The molecule has 2 aromatic carbocycles. The maximum Gasteiger partial charge on any atom is 0.417 e. The number of carbonyl (C=O) groups is 1. The minimum atomic E-state index is -4.61. The monoisotopic (exact) mass is 625 g/mol. The summed E-state index contributed by atoms with van der Waals surface area (Å²) in [5, 5.41) is 12.8. The van der Waals surface area contributed by atoms with Crippen molar-refractivity contribution in [2.45, 2.75) is 56.7 Å². The van der Waals surface area contributed by atoms with Crippen LogP contribution < -0.4 is 5.32 Å². The van der Waals surface area contributed by atoms with Crippen LogP contribution in [0.2, 0.25) is 0 Å². The van der Waals surface area contributed by atoms with Gasteiger partial charge >= 0.3 is 12.4 Å². The summed E-state index contributed by atoms with van der Waals surface area (Å²) < 4.78 is 85.3. The SMILES string of the molecule is N#Cc1ccc(NC2CCC(OCC(=O)N3CCN(Cc4nc5cc(C(F)(F)F)ccc5s4)CC3)CC2)cc1C(F)(F)F. The highest BCUT2D eigenvalue weighted by Crippen LogP contribution is 2.35. The topological polar surface area (TPSA) is 81.5 Å². The Hall–Kier alpha value is -3.41. The van der Waals surface area contributed by atoms with Gasteiger partial charge in [-0.3, -0.25) is 9.69 Å². The third-order valence-corrected chi connectivity index (χ3v) is 8.80. The van der Waals surface area contributed by atoms with Gasteiger partial charge in [-0.2, -0.15) is 31.6 Å². The molecule has 1 N–H and O–H groups in total. The quantitative estimate of drug-likeness (QED) is 0.311. The number of hydrogen-bond acceptors (Lipinski definition) is 7. The molecule has 43 heavy (non-hydrogen) atoms. The molecule has 0 bridgehead atoms. The molecule has 14 heteroatoms. The normalized spacial score (nSPS) is 20.3. The van der Waals surface area contributed by atoms with Crippen molar-refractivity contribution in [3.05, 3.63) is 58.1 Å². The number of benzene rings is 2. The Morgan fingerprint density at radius 2 is 1.72 bits per heavy atom. The van der Waals surface area contributed by atoms with E-state index in [-0.39, 0.29) is 24.7 Å². The molecule has 1 aliphatic heterocycles. The standard InChI is InChI=1S/C29H29F6N5O2S/c30-28(31,32)19-2-8-25-24(13-19)38-26(43-25)16-39-9-11-40(12-10-39)27(41)17-42-22-6-4-20(5-7-22)37-21-3-1-18(15-36)23(14-21)29(33,34)35/h1-3,8,13-14,20,22,37H,4-7,9-12,16-17H2. The predicted octanol–water partition coefficient (Wildman–Crippen LogP) is 6.29. The minimum Gasteiger partial charge on any atom is -0.382 e. The van der Waals surface area contributed by atoms with Crippen LogP contribution in [0.25, 0.3) is 10.2 Å². The first-order chi connectivity index (χ1) is 20.4. The number of fused-ring (bicyclic) bond motifs is 1. The molecule has 7 nitrogen and oxygen atoms in total. The molecule has 2 fully saturated rings. The fourth-order valence-electron chi connectivity index (χ4n) is 5.42. The van der Waals surface area contributed by atoms with Gasteiger partial charge in [-0.05, 0) is 62.1 Å². The smallest absolute Gasteiger partial charge is 0.382 e. The Morgan fingerprint density at radius 3 is 2.37 bits per heavy atom. The van der Waals surface area contributed by atoms with Crippen LogP contribution in [0.4, 0.5) is 32.0 Å². The van der Waals surface area contributed by atoms with E-state index >= 15 is 0 Å². The summed E-state index contributed by atoms with van der Waals surface area (Å²) in [5.74, 6) is -0.114. The predicted molar refractivity (Wildman–Crippen MR) is 148 cm³/mol. The number of halogens is 6. The van der Waals surface area contributed by atoms with Gasteiger partial charge in [0.15, 0.2) is 0 Å². The molecular formula is C29H29F6N5O2S. The molecule has 2 aliphatic rings. The van der Waals surface area contributed by atoms with Crippen LogP contribution in [-0.2, 0) is 28.4 Å². The summed E-state index contributed by atoms with van der Waals surface area (Å²) in [6.45, 7) is 2.68. The van der Waals surface area contributed by atoms with Crippen molar-refractivity contribution < 1.29 is 35.9 Å². The number of hydrogen-bond donors (Lipinski definition) is 1. The van der Waals surface area contributed by atoms with Crippen molar-refractivity contribution in [2.24, 2.45) is 0 Å². The number of nitrogens with one attached hydrogen (secondary N) is 1. The van der Waals surface area contributed by atoms with Crippen molar-refractivity contribution in [1.29, 1.82) is 5.26 Å². The van der Waals surface area contributed by atoms with Crippen molar-refractivity contribution in [3.63, 3.8) is 0 Å². The van der Waals surface area contributed by atoms with E-state index in [2.05, 4.69) is 15.2 Å². The fraction of sp³-hybridized carbons (Fsp3) is 0.483. The maximum atomic E-state index is 13.3. The molecular weight excluding hydrogens is 596 g/mol. The molecule has 1 amide bonds. The van der Waals surface area contributed by atoms with Crippen LogP contribution in [0.15, 0.2) is 36.4 Å². The first-order valence-electron chi connectivity index (χ1n) is 13.9. The third-order valence-electron chi connectivity index (χ3n) is 7.78.